The Morgan fingerprint density at radius 2 is 2.27 bits per heavy atom. The molecule has 1 saturated carbocycles. The van der Waals surface area contributed by atoms with E-state index in [0.29, 0.717) is 12.0 Å². The van der Waals surface area contributed by atoms with Crippen LogP contribution in [0.25, 0.3) is 0 Å². The van der Waals surface area contributed by atoms with Crippen LogP contribution in [0.4, 0.5) is 0 Å². The molecule has 62 valence electrons. The fraction of sp³-hybridized carbons (Fsp3) is 0.800. The van der Waals surface area contributed by atoms with Crippen LogP contribution in [0, 0.1) is 5.92 Å². The van der Waals surface area contributed by atoms with Gasteiger partial charge in [-0.05, 0) is 26.7 Å². The third-order valence-electron chi connectivity index (χ3n) is 3.13. The average Bonchev–Trinajstić information content (AvgIpc) is 1.85. The van der Waals surface area contributed by atoms with E-state index in [-0.39, 0.29) is 5.60 Å². The number of rotatable bonds is 1. The Balaban J connectivity index is 2.04. The van der Waals surface area contributed by atoms with Crippen molar-refractivity contribution in [2.75, 3.05) is 0 Å². The quantitative estimate of drug-likeness (QED) is 0.525. The Kier molecular flexibility index (Phi) is 1.40. The Labute approximate surface area is 68.4 Å². The van der Waals surface area contributed by atoms with Crippen LogP contribution < -0.4 is 0 Å². The molecule has 3 aliphatic rings. The van der Waals surface area contributed by atoms with Gasteiger partial charge in [0.2, 0.25) is 0 Å². The van der Waals surface area contributed by atoms with E-state index in [0.717, 1.165) is 0 Å². The Hall–Kier alpha value is -0.300. The Bertz CT molecular complexity index is 184. The van der Waals surface area contributed by atoms with Gasteiger partial charge in [0, 0.05) is 12.3 Å². The number of hydrogen-bond donors (Lipinski definition) is 0. The van der Waals surface area contributed by atoms with Crippen LogP contribution in [0.3, 0.4) is 0 Å². The first kappa shape index (κ1) is 7.35. The van der Waals surface area contributed by atoms with Crippen molar-refractivity contribution in [3.63, 3.8) is 0 Å². The van der Waals surface area contributed by atoms with Crippen molar-refractivity contribution in [1.82, 2.24) is 0 Å². The fourth-order valence-corrected chi connectivity index (χ4v) is 2.38. The van der Waals surface area contributed by atoms with Crippen LogP contribution in [0.1, 0.15) is 33.1 Å². The van der Waals surface area contributed by atoms with E-state index < -0.39 is 0 Å². The van der Waals surface area contributed by atoms with Gasteiger partial charge in [0.1, 0.15) is 0 Å². The maximum atomic E-state index is 5.78. The minimum absolute atomic E-state index is 0.247. The molecule has 1 nitrogen and oxygen atoms in total. The second-order valence-electron chi connectivity index (χ2n) is 4.30. The fourth-order valence-electron chi connectivity index (χ4n) is 2.38. The molecule has 2 aliphatic heterocycles. The van der Waals surface area contributed by atoms with Crippen molar-refractivity contribution >= 4 is 0 Å². The van der Waals surface area contributed by atoms with Crippen molar-refractivity contribution in [3.8, 4) is 0 Å². The molecule has 0 spiro atoms. The van der Waals surface area contributed by atoms with E-state index in [1.54, 1.807) is 0 Å². The molecule has 2 saturated heterocycles. The predicted molar refractivity (Wildman–Crippen MR) is 45.4 cm³/mol. The topological polar surface area (TPSA) is 9.23 Å². The third-order valence-corrected chi connectivity index (χ3v) is 3.13. The van der Waals surface area contributed by atoms with Crippen molar-refractivity contribution in [2.45, 2.75) is 44.8 Å². The first-order valence-electron chi connectivity index (χ1n) is 4.44. The molecule has 0 N–H and O–H groups in total. The highest BCUT2D eigenvalue weighted by molar-refractivity contribution is 5.09. The normalized spacial score (nSPS) is 48.2. The lowest BCUT2D eigenvalue weighted by molar-refractivity contribution is -0.242. The van der Waals surface area contributed by atoms with Gasteiger partial charge in [-0.25, -0.2) is 0 Å². The van der Waals surface area contributed by atoms with Gasteiger partial charge in [0.05, 0.1) is 11.7 Å². The zero-order valence-corrected chi connectivity index (χ0v) is 7.39. The van der Waals surface area contributed by atoms with Gasteiger partial charge in [-0.2, -0.15) is 0 Å². The molecule has 0 aromatic carbocycles. The summed E-state index contributed by atoms with van der Waals surface area (Å²) in [6.07, 6.45) is 4.27. The molecular formula is C10H16O. The lowest BCUT2D eigenvalue weighted by Crippen LogP contribution is -2.56. The smallest absolute Gasteiger partial charge is 0.0683 e. The summed E-state index contributed by atoms with van der Waals surface area (Å²) in [5.41, 5.74) is 1.55. The van der Waals surface area contributed by atoms with Crippen LogP contribution in [0.2, 0.25) is 0 Å². The summed E-state index contributed by atoms with van der Waals surface area (Å²) < 4.78 is 5.78. The molecule has 1 aliphatic carbocycles. The second kappa shape index (κ2) is 2.10. The zero-order chi connectivity index (χ0) is 8.06. The lowest BCUT2D eigenvalue weighted by atomic mass is 9.70. The Morgan fingerprint density at radius 1 is 1.64 bits per heavy atom. The molecule has 3 rings (SSSR count). The molecule has 0 aromatic rings. The van der Waals surface area contributed by atoms with Gasteiger partial charge in [-0.1, -0.05) is 12.2 Å². The maximum Gasteiger partial charge on any atom is 0.0683 e. The summed E-state index contributed by atoms with van der Waals surface area (Å²) in [5, 5.41) is 0. The lowest BCUT2D eigenvalue weighted by Gasteiger charge is -2.54. The van der Waals surface area contributed by atoms with Crippen LogP contribution in [-0.4, -0.2) is 11.7 Å². The monoisotopic (exact) mass is 152 g/mol. The number of ether oxygens (including phenoxy) is 1. The first-order chi connectivity index (χ1) is 5.11. The summed E-state index contributed by atoms with van der Waals surface area (Å²) >= 11 is 0. The molecule has 3 fully saturated rings. The van der Waals surface area contributed by atoms with Crippen molar-refractivity contribution < 1.29 is 4.74 Å². The average molecular weight is 152 g/mol. The largest absolute Gasteiger partial charge is 0.371 e. The number of hydrogen-bond acceptors (Lipinski definition) is 1. The molecule has 2 bridgehead atoms. The van der Waals surface area contributed by atoms with Crippen LogP contribution in [-0.2, 0) is 4.74 Å². The van der Waals surface area contributed by atoms with Gasteiger partial charge < -0.3 is 4.74 Å². The van der Waals surface area contributed by atoms with E-state index >= 15 is 0 Å². The molecule has 2 unspecified atom stereocenters. The van der Waals surface area contributed by atoms with Gasteiger partial charge in [-0.3, -0.25) is 0 Å². The van der Waals surface area contributed by atoms with E-state index in [9.17, 15) is 0 Å². The molecule has 1 heteroatoms. The highest BCUT2D eigenvalue weighted by Crippen LogP contribution is 2.48. The minimum atomic E-state index is 0.247. The van der Waals surface area contributed by atoms with Gasteiger partial charge in [-0.15, -0.1) is 0 Å². The van der Waals surface area contributed by atoms with E-state index in [1.807, 2.05) is 0 Å². The van der Waals surface area contributed by atoms with E-state index in [1.165, 1.54) is 24.8 Å². The van der Waals surface area contributed by atoms with Crippen molar-refractivity contribution in [3.05, 3.63) is 12.2 Å². The standard InChI is InChI=1S/C10H16O/c1-7(2)8-4-5-10(3)6-9(8)11-10/h8-9H,1,4-6H2,2-3H3/t8-,9?,10?/m0/s1. The maximum absolute atomic E-state index is 5.78. The Morgan fingerprint density at radius 3 is 2.64 bits per heavy atom. The molecule has 2 heterocycles. The molecule has 0 aromatic heterocycles. The summed E-state index contributed by atoms with van der Waals surface area (Å²) in [4.78, 5) is 0. The zero-order valence-electron chi connectivity index (χ0n) is 7.39. The summed E-state index contributed by atoms with van der Waals surface area (Å²) in [5.74, 6) is 0.650. The summed E-state index contributed by atoms with van der Waals surface area (Å²) in [6, 6.07) is 0. The molecule has 0 radical (unpaired) electrons. The second-order valence-corrected chi connectivity index (χ2v) is 4.30. The molecule has 11 heavy (non-hydrogen) atoms. The highest BCUT2D eigenvalue weighted by Gasteiger charge is 2.49. The number of fused-ring (bicyclic) bond motifs is 2. The van der Waals surface area contributed by atoms with Gasteiger partial charge >= 0.3 is 0 Å². The van der Waals surface area contributed by atoms with E-state index in [4.69, 9.17) is 4.74 Å². The van der Waals surface area contributed by atoms with Crippen LogP contribution >= 0.6 is 0 Å². The highest BCUT2D eigenvalue weighted by atomic mass is 16.5. The third kappa shape index (κ3) is 1.02. The summed E-state index contributed by atoms with van der Waals surface area (Å²) in [7, 11) is 0. The van der Waals surface area contributed by atoms with E-state index in [2.05, 4.69) is 20.4 Å². The van der Waals surface area contributed by atoms with Gasteiger partial charge in [0.25, 0.3) is 0 Å². The van der Waals surface area contributed by atoms with Crippen molar-refractivity contribution in [1.29, 1.82) is 0 Å². The van der Waals surface area contributed by atoms with Crippen molar-refractivity contribution in [2.24, 2.45) is 5.92 Å². The molecule has 3 atom stereocenters. The predicted octanol–water partition coefficient (Wildman–Crippen LogP) is 2.52. The van der Waals surface area contributed by atoms with Crippen LogP contribution in [0.5, 0.6) is 0 Å². The van der Waals surface area contributed by atoms with Crippen LogP contribution in [0.15, 0.2) is 12.2 Å². The van der Waals surface area contributed by atoms with Gasteiger partial charge in [0.15, 0.2) is 0 Å². The minimum Gasteiger partial charge on any atom is -0.371 e. The first-order valence-corrected chi connectivity index (χ1v) is 4.44. The SMILES string of the molecule is C=C(C)[C@@H]1CCC2(C)CC1O2. The molecule has 0 amide bonds. The molecular weight excluding hydrogens is 136 g/mol. The summed E-state index contributed by atoms with van der Waals surface area (Å²) in [6.45, 7) is 8.34.